The molecule has 0 spiro atoms. The van der Waals surface area contributed by atoms with Crippen LogP contribution in [0.15, 0.2) is 78.9 Å². The molecule has 5 nitrogen and oxygen atoms in total. The average molecular weight is 386 g/mol. The van der Waals surface area contributed by atoms with Gasteiger partial charge in [0, 0.05) is 16.7 Å². The SMILES string of the molecule is Oc1ccccc1-c1cccc(O)c1-c1cccc(O)c1-c1c(O)cccc1O. The molecule has 0 aliphatic carbocycles. The number of benzene rings is 4. The van der Waals surface area contributed by atoms with Gasteiger partial charge < -0.3 is 25.5 Å². The summed E-state index contributed by atoms with van der Waals surface area (Å²) in [5.74, 6) is -0.649. The Morgan fingerprint density at radius 2 is 0.724 bits per heavy atom. The van der Waals surface area contributed by atoms with Gasteiger partial charge in [-0.25, -0.2) is 0 Å². The number of phenols is 5. The lowest BCUT2D eigenvalue weighted by molar-refractivity contribution is 0.450. The normalized spacial score (nSPS) is 10.8. The summed E-state index contributed by atoms with van der Waals surface area (Å²) < 4.78 is 0. The zero-order valence-electron chi connectivity index (χ0n) is 15.2. The van der Waals surface area contributed by atoms with Crippen molar-refractivity contribution in [1.82, 2.24) is 0 Å². The minimum atomic E-state index is -0.215. The fourth-order valence-electron chi connectivity index (χ4n) is 3.54. The van der Waals surface area contributed by atoms with Gasteiger partial charge in [-0.1, -0.05) is 48.5 Å². The second-order valence-electron chi connectivity index (χ2n) is 6.59. The van der Waals surface area contributed by atoms with Crippen LogP contribution in [0.1, 0.15) is 0 Å². The lowest BCUT2D eigenvalue weighted by Crippen LogP contribution is -1.92. The Morgan fingerprint density at radius 1 is 0.310 bits per heavy atom. The standard InChI is InChI=1S/C24H18O5/c25-17-9-2-1-6-14(17)15-7-3-10-18(26)22(15)16-8-4-11-19(27)23(16)24-20(28)12-5-13-21(24)29/h1-13,25-29H. The highest BCUT2D eigenvalue weighted by molar-refractivity contribution is 5.99. The Morgan fingerprint density at radius 3 is 1.34 bits per heavy atom. The molecule has 29 heavy (non-hydrogen) atoms. The van der Waals surface area contributed by atoms with Crippen molar-refractivity contribution in [3.05, 3.63) is 78.9 Å². The van der Waals surface area contributed by atoms with Crippen LogP contribution in [0.4, 0.5) is 0 Å². The van der Waals surface area contributed by atoms with Crippen molar-refractivity contribution < 1.29 is 25.5 Å². The number of hydrogen-bond donors (Lipinski definition) is 5. The maximum Gasteiger partial charge on any atom is 0.127 e. The number of para-hydroxylation sites is 1. The lowest BCUT2D eigenvalue weighted by atomic mass is 9.87. The van der Waals surface area contributed by atoms with Gasteiger partial charge in [0.25, 0.3) is 0 Å². The number of phenolic OH excluding ortho intramolecular Hbond substituents is 5. The van der Waals surface area contributed by atoms with Gasteiger partial charge in [0.05, 0.1) is 5.56 Å². The summed E-state index contributed by atoms with van der Waals surface area (Å²) in [6, 6.07) is 20.6. The summed E-state index contributed by atoms with van der Waals surface area (Å²) in [5, 5.41) is 52.4. The first-order valence-corrected chi connectivity index (χ1v) is 8.93. The monoisotopic (exact) mass is 386 g/mol. The maximum absolute atomic E-state index is 10.7. The van der Waals surface area contributed by atoms with Crippen LogP contribution in [0.25, 0.3) is 33.4 Å². The van der Waals surface area contributed by atoms with Crippen LogP contribution in [0.5, 0.6) is 28.7 Å². The third kappa shape index (κ3) is 3.08. The fourth-order valence-corrected chi connectivity index (χ4v) is 3.54. The molecule has 144 valence electrons. The van der Waals surface area contributed by atoms with Crippen LogP contribution in [-0.2, 0) is 0 Å². The summed E-state index contributed by atoms with van der Waals surface area (Å²) in [5.41, 5.74) is 1.98. The molecule has 0 atom stereocenters. The van der Waals surface area contributed by atoms with Gasteiger partial charge in [-0.3, -0.25) is 0 Å². The van der Waals surface area contributed by atoms with Crippen molar-refractivity contribution in [2.24, 2.45) is 0 Å². The molecule has 0 heterocycles. The van der Waals surface area contributed by atoms with E-state index in [1.165, 1.54) is 30.3 Å². The van der Waals surface area contributed by atoms with Gasteiger partial charge in [0.2, 0.25) is 0 Å². The molecule has 0 aliphatic heterocycles. The average Bonchev–Trinajstić information content (AvgIpc) is 2.69. The molecule has 5 heteroatoms. The Labute approximate surface area is 167 Å². The van der Waals surface area contributed by atoms with E-state index in [0.717, 1.165) is 0 Å². The number of aromatic hydroxyl groups is 5. The Hall–Kier alpha value is -4.12. The van der Waals surface area contributed by atoms with Crippen molar-refractivity contribution in [3.63, 3.8) is 0 Å². The molecule has 4 aromatic carbocycles. The maximum atomic E-state index is 10.7. The molecule has 0 aliphatic rings. The summed E-state index contributed by atoms with van der Waals surface area (Å²) >= 11 is 0. The zero-order valence-corrected chi connectivity index (χ0v) is 15.2. The summed E-state index contributed by atoms with van der Waals surface area (Å²) in [6.07, 6.45) is 0. The minimum absolute atomic E-state index is 0.0338. The quantitative estimate of drug-likeness (QED) is 0.332. The van der Waals surface area contributed by atoms with E-state index >= 15 is 0 Å². The summed E-state index contributed by atoms with van der Waals surface area (Å²) in [4.78, 5) is 0. The van der Waals surface area contributed by atoms with Crippen LogP contribution in [-0.4, -0.2) is 25.5 Å². The van der Waals surface area contributed by atoms with E-state index in [1.807, 2.05) is 0 Å². The molecule has 0 saturated carbocycles. The fraction of sp³-hybridized carbons (Fsp3) is 0. The van der Waals surface area contributed by atoms with Crippen LogP contribution in [0, 0.1) is 0 Å². The van der Waals surface area contributed by atoms with E-state index in [0.29, 0.717) is 22.3 Å². The van der Waals surface area contributed by atoms with Gasteiger partial charge in [-0.05, 0) is 41.5 Å². The molecule has 5 N–H and O–H groups in total. The first-order valence-electron chi connectivity index (χ1n) is 8.93. The predicted octanol–water partition coefficient (Wildman–Crippen LogP) is 5.22. The van der Waals surface area contributed by atoms with Gasteiger partial charge >= 0.3 is 0 Å². The number of rotatable bonds is 3. The molecule has 4 aromatic rings. The van der Waals surface area contributed by atoms with Crippen LogP contribution < -0.4 is 0 Å². The Bertz CT molecular complexity index is 1190. The second-order valence-corrected chi connectivity index (χ2v) is 6.59. The first-order chi connectivity index (χ1) is 14.0. The van der Waals surface area contributed by atoms with Crippen molar-refractivity contribution in [2.75, 3.05) is 0 Å². The van der Waals surface area contributed by atoms with Crippen molar-refractivity contribution in [2.45, 2.75) is 0 Å². The topological polar surface area (TPSA) is 101 Å². The Kier molecular flexibility index (Phi) is 4.49. The van der Waals surface area contributed by atoms with Crippen molar-refractivity contribution >= 4 is 0 Å². The highest BCUT2D eigenvalue weighted by atomic mass is 16.3. The summed E-state index contributed by atoms with van der Waals surface area (Å²) in [7, 11) is 0. The van der Waals surface area contributed by atoms with E-state index in [-0.39, 0.29) is 39.9 Å². The third-order valence-electron chi connectivity index (χ3n) is 4.82. The molecule has 0 radical (unpaired) electrons. The molecule has 0 aromatic heterocycles. The lowest BCUT2D eigenvalue weighted by Gasteiger charge is -2.18. The van der Waals surface area contributed by atoms with Crippen molar-refractivity contribution in [3.8, 4) is 62.1 Å². The molecular weight excluding hydrogens is 368 g/mol. The number of hydrogen-bond acceptors (Lipinski definition) is 5. The van der Waals surface area contributed by atoms with E-state index in [4.69, 9.17) is 0 Å². The van der Waals surface area contributed by atoms with E-state index in [2.05, 4.69) is 0 Å². The van der Waals surface area contributed by atoms with Crippen molar-refractivity contribution in [1.29, 1.82) is 0 Å². The molecular formula is C24H18O5. The van der Waals surface area contributed by atoms with E-state index < -0.39 is 0 Å². The molecule has 0 saturated heterocycles. The minimum Gasteiger partial charge on any atom is -0.507 e. The Balaban J connectivity index is 2.09. The molecule has 0 fully saturated rings. The molecule has 4 rings (SSSR count). The van der Waals surface area contributed by atoms with Gasteiger partial charge in [-0.2, -0.15) is 0 Å². The smallest absolute Gasteiger partial charge is 0.127 e. The van der Waals surface area contributed by atoms with E-state index in [9.17, 15) is 25.5 Å². The van der Waals surface area contributed by atoms with E-state index in [1.54, 1.807) is 48.5 Å². The highest BCUT2D eigenvalue weighted by Crippen LogP contribution is 2.50. The van der Waals surface area contributed by atoms with Crippen LogP contribution >= 0.6 is 0 Å². The van der Waals surface area contributed by atoms with Gasteiger partial charge in [0.15, 0.2) is 0 Å². The zero-order chi connectivity index (χ0) is 20.5. The third-order valence-corrected chi connectivity index (χ3v) is 4.82. The second kappa shape index (κ2) is 7.13. The molecule has 0 amide bonds. The predicted molar refractivity (Wildman–Crippen MR) is 111 cm³/mol. The van der Waals surface area contributed by atoms with Gasteiger partial charge in [-0.15, -0.1) is 0 Å². The highest BCUT2D eigenvalue weighted by Gasteiger charge is 2.23. The first kappa shape index (κ1) is 18.3. The van der Waals surface area contributed by atoms with Crippen LogP contribution in [0.2, 0.25) is 0 Å². The molecule has 0 unspecified atom stereocenters. The summed E-state index contributed by atoms with van der Waals surface area (Å²) in [6.45, 7) is 0. The largest absolute Gasteiger partial charge is 0.507 e. The molecule has 0 bridgehead atoms. The van der Waals surface area contributed by atoms with Gasteiger partial charge in [0.1, 0.15) is 28.7 Å². The van der Waals surface area contributed by atoms with Crippen LogP contribution in [0.3, 0.4) is 0 Å².